The molecule has 4 aliphatic rings. The van der Waals surface area contributed by atoms with Crippen molar-refractivity contribution in [2.24, 2.45) is 0 Å². The summed E-state index contributed by atoms with van der Waals surface area (Å²) in [5, 5.41) is 21.3. The second-order valence-electron chi connectivity index (χ2n) is 23.9. The Bertz CT molecular complexity index is 3850. The van der Waals surface area contributed by atoms with E-state index in [0.717, 1.165) is 31.9 Å². The first-order chi connectivity index (χ1) is 47.5. The van der Waals surface area contributed by atoms with E-state index < -0.39 is 141 Å². The first kappa shape index (κ1) is 77.1. The van der Waals surface area contributed by atoms with Crippen LogP contribution in [-0.2, 0) is 90.4 Å². The molecular weight excluding hydrogens is 1430 g/mol. The molecule has 0 radical (unpaired) electrons. The molecule has 0 amide bonds. The highest BCUT2D eigenvalue weighted by Crippen LogP contribution is 2.62. The van der Waals surface area contributed by atoms with Crippen LogP contribution >= 0.6 is 40.5 Å². The number of hydrogen-bond acceptors (Lipinski definition) is 33. The predicted octanol–water partition coefficient (Wildman–Crippen LogP) is 5.75. The summed E-state index contributed by atoms with van der Waals surface area (Å²) >= 11 is 6.16. The molecule has 0 saturated carbocycles. The van der Waals surface area contributed by atoms with Gasteiger partial charge in [0.15, 0.2) is 53.1 Å². The molecule has 0 spiro atoms. The number of phosphoric ester groups is 2. The number of ether oxygens (including phenoxy) is 6. The van der Waals surface area contributed by atoms with Gasteiger partial charge < -0.3 is 79.9 Å². The molecule has 99 heavy (non-hydrogen) atoms. The second-order valence-corrected chi connectivity index (χ2v) is 33.6. The van der Waals surface area contributed by atoms with E-state index in [1.807, 2.05) is 0 Å². The van der Waals surface area contributed by atoms with Gasteiger partial charge in [0.2, 0.25) is 0 Å². The van der Waals surface area contributed by atoms with Crippen LogP contribution < -0.4 is 17.2 Å². The van der Waals surface area contributed by atoms with Crippen molar-refractivity contribution in [1.29, 1.82) is 0 Å². The number of unbranched alkanes of at least 4 members (excludes halogenated alkanes) is 14. The fourth-order valence-electron chi connectivity index (χ4n) is 12.2. The number of nitrogens with zero attached hydrogens (tertiary/aromatic N) is 12. The number of carbonyl (C=O) groups excluding carboxylic acids is 1. The maximum absolute atomic E-state index is 14.3. The van der Waals surface area contributed by atoms with Crippen molar-refractivity contribution in [3.05, 3.63) is 38.0 Å². The largest absolute Gasteiger partial charge is 0.472 e. The Labute approximate surface area is 577 Å². The molecule has 2 bridgehead atoms. The van der Waals surface area contributed by atoms with Crippen LogP contribution in [0.4, 0.5) is 17.5 Å². The Morgan fingerprint density at radius 3 is 1.69 bits per heavy atom. The molecule has 38 nitrogen and oxygen atoms in total. The zero-order chi connectivity index (χ0) is 70.5. The van der Waals surface area contributed by atoms with Crippen molar-refractivity contribution >= 4 is 109 Å². The molecule has 6 aromatic rings. The van der Waals surface area contributed by atoms with Gasteiger partial charge in [0, 0.05) is 25.7 Å². The van der Waals surface area contributed by atoms with E-state index in [1.54, 1.807) is 0 Å². The lowest BCUT2D eigenvalue weighted by atomic mass is 9.90. The molecule has 10 rings (SSSR count). The van der Waals surface area contributed by atoms with Gasteiger partial charge in [-0.25, -0.2) is 58.6 Å². The van der Waals surface area contributed by atoms with Crippen LogP contribution in [-0.4, -0.2) is 208 Å². The van der Waals surface area contributed by atoms with Crippen LogP contribution in [0.15, 0.2) is 38.0 Å². The molecule has 550 valence electrons. The zero-order valence-corrected chi connectivity index (χ0v) is 59.5. The molecule has 10 unspecified atom stereocenters. The first-order valence-corrected chi connectivity index (χ1v) is 41.2. The lowest BCUT2D eigenvalue weighted by Gasteiger charge is -2.39. The number of imidazole rings is 3. The van der Waals surface area contributed by atoms with Gasteiger partial charge in [-0.2, -0.15) is 0 Å². The van der Waals surface area contributed by atoms with Gasteiger partial charge in [0.25, 0.3) is 0 Å². The Kier molecular flexibility index (Phi) is 27.1. The van der Waals surface area contributed by atoms with Crippen LogP contribution in [0.5, 0.6) is 0 Å². The summed E-state index contributed by atoms with van der Waals surface area (Å²) in [6.07, 6.45) is 8.34. The van der Waals surface area contributed by atoms with Gasteiger partial charge in [0.05, 0.1) is 58.6 Å². The number of methoxy groups -OCH3 is 1. The number of rotatable bonds is 42. The molecule has 10 heterocycles. The number of hydrogen-bond donors (Lipinski definition) is 9. The minimum absolute atomic E-state index is 0.0302. The van der Waals surface area contributed by atoms with Crippen molar-refractivity contribution < 1.29 is 108 Å². The molecule has 16 atom stereocenters. The number of carbonyl (C=O) groups is 1. The maximum Gasteiger partial charge on any atom is 0.472 e. The third-order valence-corrected chi connectivity index (χ3v) is 23.6. The normalized spacial score (nSPS) is 27.2. The summed E-state index contributed by atoms with van der Waals surface area (Å²) in [6, 6.07) is 0. The van der Waals surface area contributed by atoms with E-state index in [-0.39, 0.29) is 82.8 Å². The van der Waals surface area contributed by atoms with Gasteiger partial charge in [0.1, 0.15) is 96.6 Å². The quantitative estimate of drug-likeness (QED) is 0.0125. The summed E-state index contributed by atoms with van der Waals surface area (Å²) in [7, 11) is -9.04. The summed E-state index contributed by atoms with van der Waals surface area (Å²) < 4.78 is 121. The van der Waals surface area contributed by atoms with E-state index in [0.29, 0.717) is 17.8 Å². The van der Waals surface area contributed by atoms with E-state index in [1.165, 1.54) is 117 Å². The monoisotopic (exact) mass is 1510 g/mol. The molecule has 4 aliphatic heterocycles. The van der Waals surface area contributed by atoms with Crippen molar-refractivity contribution in [2.75, 3.05) is 76.3 Å². The Balaban J connectivity index is 0.801. The minimum atomic E-state index is -5.42. The van der Waals surface area contributed by atoms with Gasteiger partial charge in [-0.15, -0.1) is 0 Å². The van der Waals surface area contributed by atoms with Gasteiger partial charge in [-0.1, -0.05) is 96.8 Å². The van der Waals surface area contributed by atoms with Crippen molar-refractivity contribution in [1.82, 2.24) is 58.6 Å². The van der Waals surface area contributed by atoms with E-state index in [2.05, 4.69) is 51.8 Å². The molecule has 0 aromatic carbocycles. The number of aliphatic hydroxyl groups excluding tert-OH is 2. The number of aliphatic hydroxyl groups is 2. The number of anilines is 3. The number of nitrogens with two attached hydrogens (primary N) is 3. The molecule has 44 heteroatoms. The average Bonchev–Trinajstić information content (AvgIpc) is 1.59. The van der Waals surface area contributed by atoms with E-state index in [9.17, 15) is 43.2 Å². The Morgan fingerprint density at radius 1 is 0.636 bits per heavy atom. The third-order valence-electron chi connectivity index (χ3n) is 17.1. The fourth-order valence-corrected chi connectivity index (χ4v) is 17.7. The van der Waals surface area contributed by atoms with E-state index >= 15 is 0 Å². The van der Waals surface area contributed by atoms with Crippen LogP contribution in [0, 0.1) is 0 Å². The maximum atomic E-state index is 14.3. The Hall–Kier alpha value is -4.51. The summed E-state index contributed by atoms with van der Waals surface area (Å²) in [5.74, 6) is -0.627. The highest BCUT2D eigenvalue weighted by atomic mass is 32.7. The first-order valence-electron chi connectivity index (χ1n) is 32.4. The molecule has 4 fully saturated rings. The Morgan fingerprint density at radius 2 is 1.14 bits per heavy atom. The fraction of sp³-hybridized carbons (Fsp3) is 0.709. The summed E-state index contributed by atoms with van der Waals surface area (Å²) in [6.45, 7) is -11.1. The second kappa shape index (κ2) is 34.8. The topological polar surface area (TPSA) is 519 Å². The third kappa shape index (κ3) is 19.5. The molecule has 0 aliphatic carbocycles. The molecule has 4 saturated heterocycles. The molecule has 6 aromatic heterocycles. The number of esters is 1. The highest BCUT2D eigenvalue weighted by molar-refractivity contribution is 8.54. The van der Waals surface area contributed by atoms with Crippen LogP contribution in [0.25, 0.3) is 33.5 Å². The van der Waals surface area contributed by atoms with E-state index in [4.69, 9.17) is 94.2 Å². The van der Waals surface area contributed by atoms with Crippen molar-refractivity contribution in [2.45, 2.75) is 189 Å². The number of fused-ring (bicyclic) bond motifs is 5. The highest BCUT2D eigenvalue weighted by Gasteiger charge is 2.63. The summed E-state index contributed by atoms with van der Waals surface area (Å²) in [5.41, 5.74) is 17.2. The standard InChI is InChI=1S/C55H85N15O23P4S2/c1-3-4-5-6-7-8-9-10-11-12-13-14-15-16-17-18-36(72)82-23-24-99-96(78,79)93-45-44-54(70-33-67-39-48(58)61-30-64-51(39)70)90-55(45,19-21-83-44)27-87-97(80,98)92-42-40(73)34(88-52(42)68-31-65-37-46(56)59-28-62-49(37)68)25-86-95(76,77)91-43-41(81-2)35(26-85-94(74,75)84-22-20-71)89-53(43)69-32-66-38-47(57)60-29-63-50(38)69/h28-35,40-45,52-54,71,73H,3-27H2,1-2H3,(H,74,75)(H,76,77)(H,78,79)(H,80,98)(H2,56,59,62)(H2,57,60,63)(H2,58,61,64)/t34-,35-,40?,41?,42?,43?,44?,45?,52-,53-,54-,55+,97?/m1/s1. The van der Waals surface area contributed by atoms with Crippen LogP contribution in [0.1, 0.15) is 135 Å². The minimum Gasteiger partial charge on any atom is -0.465 e. The van der Waals surface area contributed by atoms with Crippen molar-refractivity contribution in [3.8, 4) is 0 Å². The lowest BCUT2D eigenvalue weighted by molar-refractivity contribution is -0.143. The molecule has 12 N–H and O–H groups in total. The zero-order valence-electron chi connectivity index (χ0n) is 54.3. The molecular formula is C55H85N15O23P4S2. The average molecular weight is 1510 g/mol. The SMILES string of the molecule is CCCCCCCCCCCCCCCCCC(=O)OCCSP(=O)(O)OC1C2OCC[C@@]1(COP(O)(=S)OC1C(O)[C@@H](COP(=O)(O)OC3C(OC)[C@@H](COP(=O)(O)OCCO)O[C@H]3n3cnc4c(N)ncnc43)O[C@H]1n1cnc3c(N)ncnc31)O[C@H]2n1cnc2c(N)ncnc21. The number of phosphoric acid groups is 2. The number of nitrogen functional groups attached to an aromatic ring is 3. The lowest BCUT2D eigenvalue weighted by Crippen LogP contribution is -2.52. The summed E-state index contributed by atoms with van der Waals surface area (Å²) in [4.78, 5) is 95.9. The van der Waals surface area contributed by atoms with Crippen LogP contribution in [0.3, 0.4) is 0 Å². The van der Waals surface area contributed by atoms with Gasteiger partial charge in [-0.05, 0) is 29.6 Å². The van der Waals surface area contributed by atoms with Crippen molar-refractivity contribution in [3.63, 3.8) is 0 Å². The van der Waals surface area contributed by atoms with Gasteiger partial charge in [-0.3, -0.25) is 45.6 Å². The smallest absolute Gasteiger partial charge is 0.465 e. The van der Waals surface area contributed by atoms with Gasteiger partial charge >= 0.3 is 35.1 Å². The number of aromatic nitrogens is 12. The predicted molar refractivity (Wildman–Crippen MR) is 355 cm³/mol. The van der Waals surface area contributed by atoms with Crippen LogP contribution in [0.2, 0.25) is 0 Å².